The molecule has 2 fully saturated rings. The number of nitrogens with zero attached hydrogens (tertiary/aromatic N) is 2. The van der Waals surface area contributed by atoms with Crippen molar-refractivity contribution in [3.05, 3.63) is 0 Å². The zero-order chi connectivity index (χ0) is 15.3. The number of likely N-dealkylation sites (N-methyl/N-ethyl adjacent to an activating group) is 1. The van der Waals surface area contributed by atoms with Gasteiger partial charge in [-0.15, -0.1) is 0 Å². The molecule has 0 radical (unpaired) electrons. The van der Waals surface area contributed by atoms with Gasteiger partial charge in [-0.3, -0.25) is 0 Å². The molecule has 0 aromatic rings. The maximum Gasteiger partial charge on any atom is 0.0110 e. The van der Waals surface area contributed by atoms with Crippen LogP contribution in [0.15, 0.2) is 0 Å². The van der Waals surface area contributed by atoms with Crippen LogP contribution < -0.4 is 5.32 Å². The van der Waals surface area contributed by atoms with Gasteiger partial charge in [0.15, 0.2) is 0 Å². The minimum atomic E-state index is 0.530. The molecule has 2 aliphatic rings. The van der Waals surface area contributed by atoms with Gasteiger partial charge in [0.2, 0.25) is 0 Å². The van der Waals surface area contributed by atoms with Crippen molar-refractivity contribution >= 4 is 0 Å². The van der Waals surface area contributed by atoms with Gasteiger partial charge in [0.1, 0.15) is 0 Å². The smallest absolute Gasteiger partial charge is 0.0110 e. The average Bonchev–Trinajstić information content (AvgIpc) is 2.41. The molecule has 124 valence electrons. The first kappa shape index (κ1) is 17.2. The van der Waals surface area contributed by atoms with Gasteiger partial charge >= 0.3 is 0 Å². The molecule has 1 saturated heterocycles. The summed E-state index contributed by atoms with van der Waals surface area (Å²) in [6.45, 7) is 15.8. The Morgan fingerprint density at radius 1 is 1.19 bits per heavy atom. The summed E-state index contributed by atoms with van der Waals surface area (Å²) < 4.78 is 0. The van der Waals surface area contributed by atoms with E-state index in [9.17, 15) is 0 Å². The lowest BCUT2D eigenvalue weighted by Gasteiger charge is -2.45. The minimum Gasteiger partial charge on any atom is -0.316 e. The lowest BCUT2D eigenvalue weighted by Crippen LogP contribution is -2.52. The largest absolute Gasteiger partial charge is 0.316 e. The summed E-state index contributed by atoms with van der Waals surface area (Å²) in [5.74, 6) is 1.67. The van der Waals surface area contributed by atoms with E-state index in [2.05, 4.69) is 42.9 Å². The molecule has 1 aliphatic carbocycles. The maximum absolute atomic E-state index is 3.78. The van der Waals surface area contributed by atoms with Gasteiger partial charge in [-0.2, -0.15) is 0 Å². The van der Waals surface area contributed by atoms with Crippen molar-refractivity contribution in [2.24, 2.45) is 17.3 Å². The molecule has 0 bridgehead atoms. The Labute approximate surface area is 132 Å². The van der Waals surface area contributed by atoms with E-state index in [4.69, 9.17) is 0 Å². The van der Waals surface area contributed by atoms with Crippen LogP contribution in [0.2, 0.25) is 0 Å². The van der Waals surface area contributed by atoms with Gasteiger partial charge < -0.3 is 15.1 Å². The highest BCUT2D eigenvalue weighted by atomic mass is 15.2. The van der Waals surface area contributed by atoms with Gasteiger partial charge in [0.05, 0.1) is 0 Å². The molecule has 1 aliphatic heterocycles. The fourth-order valence-corrected chi connectivity index (χ4v) is 4.24. The summed E-state index contributed by atoms with van der Waals surface area (Å²) >= 11 is 0. The Kier molecular flexibility index (Phi) is 6.51. The van der Waals surface area contributed by atoms with Gasteiger partial charge in [-0.1, -0.05) is 33.6 Å². The van der Waals surface area contributed by atoms with Crippen molar-refractivity contribution in [2.75, 3.05) is 52.9 Å². The fourth-order valence-electron chi connectivity index (χ4n) is 4.24. The monoisotopic (exact) mass is 295 g/mol. The van der Waals surface area contributed by atoms with E-state index in [1.54, 1.807) is 0 Å². The van der Waals surface area contributed by atoms with Crippen molar-refractivity contribution in [3.8, 4) is 0 Å². The molecule has 0 spiro atoms. The predicted molar refractivity (Wildman–Crippen MR) is 91.7 cm³/mol. The van der Waals surface area contributed by atoms with Gasteiger partial charge in [-0.05, 0) is 43.7 Å². The number of rotatable bonds is 6. The molecule has 21 heavy (non-hydrogen) atoms. The topological polar surface area (TPSA) is 18.5 Å². The van der Waals surface area contributed by atoms with Crippen LogP contribution in [0, 0.1) is 17.3 Å². The second kappa shape index (κ2) is 7.94. The zero-order valence-electron chi connectivity index (χ0n) is 14.8. The van der Waals surface area contributed by atoms with Crippen molar-refractivity contribution in [3.63, 3.8) is 0 Å². The molecule has 2 rings (SSSR count). The van der Waals surface area contributed by atoms with E-state index < -0.39 is 0 Å². The Hall–Kier alpha value is -0.120. The Morgan fingerprint density at radius 3 is 2.52 bits per heavy atom. The van der Waals surface area contributed by atoms with Crippen molar-refractivity contribution < 1.29 is 0 Å². The molecule has 2 atom stereocenters. The van der Waals surface area contributed by atoms with Gasteiger partial charge in [0, 0.05) is 39.3 Å². The molecular weight excluding hydrogens is 258 g/mol. The standard InChI is InChI=1S/C18H37N3/c1-16(2)13-19-14-18(7-5-6-17(3)12-18)15-21-10-8-20(4)9-11-21/h16-17,19H,5-15H2,1-4H3. The summed E-state index contributed by atoms with van der Waals surface area (Å²) in [7, 11) is 2.25. The first-order chi connectivity index (χ1) is 9.99. The van der Waals surface area contributed by atoms with Crippen molar-refractivity contribution in [1.29, 1.82) is 0 Å². The lowest BCUT2D eigenvalue weighted by atomic mass is 9.69. The average molecular weight is 296 g/mol. The summed E-state index contributed by atoms with van der Waals surface area (Å²) in [6.07, 6.45) is 5.71. The molecular formula is C18H37N3. The molecule has 3 nitrogen and oxygen atoms in total. The summed E-state index contributed by atoms with van der Waals surface area (Å²) in [6, 6.07) is 0. The van der Waals surface area contributed by atoms with E-state index in [1.165, 1.54) is 71.5 Å². The molecule has 2 unspecified atom stereocenters. The van der Waals surface area contributed by atoms with Crippen molar-refractivity contribution in [2.45, 2.75) is 46.5 Å². The molecule has 3 heteroatoms. The van der Waals surface area contributed by atoms with E-state index in [0.29, 0.717) is 5.41 Å². The van der Waals surface area contributed by atoms with Crippen molar-refractivity contribution in [1.82, 2.24) is 15.1 Å². The summed E-state index contributed by atoms with van der Waals surface area (Å²) in [4.78, 5) is 5.19. The number of hydrogen-bond acceptors (Lipinski definition) is 3. The maximum atomic E-state index is 3.78. The SMILES string of the molecule is CC(C)CNCC1(CN2CCN(C)CC2)CCCC(C)C1. The first-order valence-corrected chi connectivity index (χ1v) is 9.11. The zero-order valence-corrected chi connectivity index (χ0v) is 14.8. The highest BCUT2D eigenvalue weighted by Gasteiger charge is 2.36. The minimum absolute atomic E-state index is 0.530. The first-order valence-electron chi connectivity index (χ1n) is 9.11. The third-order valence-electron chi connectivity index (χ3n) is 5.39. The van der Waals surface area contributed by atoms with Gasteiger partial charge in [0.25, 0.3) is 0 Å². The highest BCUT2D eigenvalue weighted by molar-refractivity contribution is 4.91. The Morgan fingerprint density at radius 2 is 1.90 bits per heavy atom. The molecule has 1 heterocycles. The van der Waals surface area contributed by atoms with Crippen LogP contribution in [-0.4, -0.2) is 62.7 Å². The van der Waals surface area contributed by atoms with Crippen LogP contribution in [0.1, 0.15) is 46.5 Å². The van der Waals surface area contributed by atoms with E-state index in [-0.39, 0.29) is 0 Å². The van der Waals surface area contributed by atoms with Crippen LogP contribution in [0.5, 0.6) is 0 Å². The van der Waals surface area contributed by atoms with Crippen LogP contribution >= 0.6 is 0 Å². The molecule has 0 aromatic heterocycles. The number of hydrogen-bond donors (Lipinski definition) is 1. The highest BCUT2D eigenvalue weighted by Crippen LogP contribution is 2.39. The van der Waals surface area contributed by atoms with Crippen LogP contribution in [0.3, 0.4) is 0 Å². The number of piperazine rings is 1. The van der Waals surface area contributed by atoms with Crippen LogP contribution in [0.4, 0.5) is 0 Å². The third kappa shape index (κ3) is 5.54. The van der Waals surface area contributed by atoms with Crippen LogP contribution in [0.25, 0.3) is 0 Å². The van der Waals surface area contributed by atoms with E-state index in [0.717, 1.165) is 11.8 Å². The molecule has 0 amide bonds. The third-order valence-corrected chi connectivity index (χ3v) is 5.39. The second-order valence-corrected chi connectivity index (χ2v) is 8.31. The summed E-state index contributed by atoms with van der Waals surface area (Å²) in [5, 5.41) is 3.78. The molecule has 0 aromatic carbocycles. The number of nitrogens with one attached hydrogen (secondary N) is 1. The lowest BCUT2D eigenvalue weighted by molar-refractivity contribution is 0.0544. The fraction of sp³-hybridized carbons (Fsp3) is 1.00. The molecule has 1 N–H and O–H groups in total. The van der Waals surface area contributed by atoms with E-state index >= 15 is 0 Å². The predicted octanol–water partition coefficient (Wildman–Crippen LogP) is 2.68. The Balaban J connectivity index is 1.91. The van der Waals surface area contributed by atoms with Crippen LogP contribution in [-0.2, 0) is 0 Å². The van der Waals surface area contributed by atoms with Gasteiger partial charge in [-0.25, -0.2) is 0 Å². The Bertz CT molecular complexity index is 297. The second-order valence-electron chi connectivity index (χ2n) is 8.31. The quantitative estimate of drug-likeness (QED) is 0.813. The van der Waals surface area contributed by atoms with E-state index in [1.807, 2.05) is 0 Å². The molecule has 1 saturated carbocycles. The summed E-state index contributed by atoms with van der Waals surface area (Å²) in [5.41, 5.74) is 0.530. The normalized spacial score (nSPS) is 32.7.